The van der Waals surface area contributed by atoms with E-state index in [9.17, 15) is 4.79 Å². The van der Waals surface area contributed by atoms with Gasteiger partial charge in [0.15, 0.2) is 0 Å². The molecule has 0 bridgehead atoms. The first kappa shape index (κ1) is 13.9. The zero-order valence-corrected chi connectivity index (χ0v) is 11.6. The summed E-state index contributed by atoms with van der Waals surface area (Å²) in [6, 6.07) is 7.39. The Morgan fingerprint density at radius 2 is 1.89 bits per heavy atom. The van der Waals surface area contributed by atoms with Crippen molar-refractivity contribution in [3.05, 3.63) is 24.3 Å². The molecule has 0 heterocycles. The predicted molar refractivity (Wildman–Crippen MR) is 76.5 cm³/mol. The van der Waals surface area contributed by atoms with E-state index in [1.54, 1.807) is 7.05 Å². The van der Waals surface area contributed by atoms with Crippen molar-refractivity contribution < 1.29 is 9.53 Å². The Hall–Kier alpha value is -1.55. The van der Waals surface area contributed by atoms with Crippen LogP contribution in [0.15, 0.2) is 24.3 Å². The maximum Gasteiger partial charge on any atom is 0.241 e. The molecule has 1 atom stereocenters. The highest BCUT2D eigenvalue weighted by Gasteiger charge is 2.16. The second-order valence-electron chi connectivity index (χ2n) is 5.05. The molecule has 0 aromatic heterocycles. The fraction of sp³-hybridized carbons (Fsp3) is 0.533. The number of anilines is 1. The Morgan fingerprint density at radius 3 is 2.47 bits per heavy atom. The lowest BCUT2D eigenvalue weighted by Crippen LogP contribution is -2.35. The van der Waals surface area contributed by atoms with Gasteiger partial charge in [-0.1, -0.05) is 0 Å². The highest BCUT2D eigenvalue weighted by Crippen LogP contribution is 2.24. The van der Waals surface area contributed by atoms with Crippen LogP contribution in [0.4, 0.5) is 5.69 Å². The van der Waals surface area contributed by atoms with Crippen LogP contribution >= 0.6 is 0 Å². The lowest BCUT2D eigenvalue weighted by atomic mass is 10.2. The highest BCUT2D eigenvalue weighted by atomic mass is 16.5. The van der Waals surface area contributed by atoms with E-state index >= 15 is 0 Å². The molecule has 1 aromatic rings. The van der Waals surface area contributed by atoms with Gasteiger partial charge in [0.25, 0.3) is 0 Å². The number of carbonyl (C=O) groups excluding carboxylic acids is 1. The Morgan fingerprint density at radius 1 is 1.26 bits per heavy atom. The van der Waals surface area contributed by atoms with Crippen molar-refractivity contribution in [2.45, 2.75) is 44.8 Å². The summed E-state index contributed by atoms with van der Waals surface area (Å²) in [5, 5.41) is 5.76. The van der Waals surface area contributed by atoms with Gasteiger partial charge in [0.05, 0.1) is 12.1 Å². The van der Waals surface area contributed by atoms with Crippen molar-refractivity contribution in [2.24, 2.45) is 0 Å². The van der Waals surface area contributed by atoms with Crippen LogP contribution in [0, 0.1) is 0 Å². The van der Waals surface area contributed by atoms with Crippen LogP contribution in [-0.2, 0) is 4.79 Å². The Labute approximate surface area is 114 Å². The standard InChI is InChI=1S/C15H22N2O2/c1-11(16-2)15(18)17-12-7-9-14(10-8-12)19-13-5-3-4-6-13/h7-11,13,16H,3-6H2,1-2H3,(H,17,18). The van der Waals surface area contributed by atoms with Crippen molar-refractivity contribution in [2.75, 3.05) is 12.4 Å². The Balaban J connectivity index is 1.88. The highest BCUT2D eigenvalue weighted by molar-refractivity contribution is 5.94. The summed E-state index contributed by atoms with van der Waals surface area (Å²) in [7, 11) is 1.77. The molecular weight excluding hydrogens is 240 g/mol. The molecule has 4 nitrogen and oxygen atoms in total. The van der Waals surface area contributed by atoms with Gasteiger partial charge in [-0.2, -0.15) is 0 Å². The van der Waals surface area contributed by atoms with Crippen LogP contribution in [0.2, 0.25) is 0 Å². The number of carbonyl (C=O) groups is 1. The number of rotatable bonds is 5. The van der Waals surface area contributed by atoms with E-state index in [0.29, 0.717) is 6.10 Å². The number of nitrogens with one attached hydrogen (secondary N) is 2. The first-order valence-electron chi connectivity index (χ1n) is 6.94. The molecule has 0 radical (unpaired) electrons. The molecule has 104 valence electrons. The Kier molecular flexibility index (Phi) is 4.80. The van der Waals surface area contributed by atoms with Gasteiger partial charge >= 0.3 is 0 Å². The molecule has 2 N–H and O–H groups in total. The Bertz CT molecular complexity index is 411. The van der Waals surface area contributed by atoms with Crippen LogP contribution < -0.4 is 15.4 Å². The number of likely N-dealkylation sites (N-methyl/N-ethyl adjacent to an activating group) is 1. The van der Waals surface area contributed by atoms with Gasteiger partial charge in [0.2, 0.25) is 5.91 Å². The topological polar surface area (TPSA) is 50.4 Å². The summed E-state index contributed by atoms with van der Waals surface area (Å²) in [5.41, 5.74) is 0.797. The van der Waals surface area contributed by atoms with Gasteiger partial charge in [0, 0.05) is 5.69 Å². The van der Waals surface area contributed by atoms with Gasteiger partial charge in [0.1, 0.15) is 5.75 Å². The molecule has 0 spiro atoms. The first-order chi connectivity index (χ1) is 9.19. The van der Waals surface area contributed by atoms with Gasteiger partial charge in [-0.25, -0.2) is 0 Å². The average Bonchev–Trinajstić information content (AvgIpc) is 2.93. The van der Waals surface area contributed by atoms with Crippen molar-refractivity contribution in [3.8, 4) is 5.75 Å². The van der Waals surface area contributed by atoms with Crippen LogP contribution in [-0.4, -0.2) is 25.1 Å². The maximum atomic E-state index is 11.7. The molecule has 1 aromatic carbocycles. The molecule has 1 amide bonds. The summed E-state index contributed by atoms with van der Waals surface area (Å²) < 4.78 is 5.88. The summed E-state index contributed by atoms with van der Waals surface area (Å²) >= 11 is 0. The quantitative estimate of drug-likeness (QED) is 0.857. The molecule has 0 saturated heterocycles. The molecule has 4 heteroatoms. The van der Waals surface area contributed by atoms with Crippen LogP contribution in [0.1, 0.15) is 32.6 Å². The second kappa shape index (κ2) is 6.57. The lowest BCUT2D eigenvalue weighted by molar-refractivity contribution is -0.117. The molecule has 2 rings (SSSR count). The summed E-state index contributed by atoms with van der Waals surface area (Å²) in [6.45, 7) is 1.83. The molecule has 19 heavy (non-hydrogen) atoms. The zero-order valence-electron chi connectivity index (χ0n) is 11.6. The van der Waals surface area contributed by atoms with Gasteiger partial charge in [-0.3, -0.25) is 4.79 Å². The fourth-order valence-electron chi connectivity index (χ4n) is 2.20. The minimum Gasteiger partial charge on any atom is -0.490 e. The maximum absolute atomic E-state index is 11.7. The van der Waals surface area contributed by atoms with E-state index in [4.69, 9.17) is 4.74 Å². The largest absolute Gasteiger partial charge is 0.490 e. The third kappa shape index (κ3) is 3.96. The minimum atomic E-state index is -0.200. The summed E-state index contributed by atoms with van der Waals surface area (Å²) in [5.74, 6) is 0.846. The normalized spacial score (nSPS) is 17.2. The summed E-state index contributed by atoms with van der Waals surface area (Å²) in [6.07, 6.45) is 5.20. The SMILES string of the molecule is CNC(C)C(=O)Nc1ccc(OC2CCCC2)cc1. The van der Waals surface area contributed by atoms with Crippen molar-refractivity contribution in [1.82, 2.24) is 5.32 Å². The van der Waals surface area contributed by atoms with Crippen molar-refractivity contribution in [1.29, 1.82) is 0 Å². The van der Waals surface area contributed by atoms with Crippen molar-refractivity contribution >= 4 is 11.6 Å². The molecule has 1 aliphatic rings. The number of hydrogen-bond donors (Lipinski definition) is 2. The fourth-order valence-corrected chi connectivity index (χ4v) is 2.20. The number of benzene rings is 1. The van der Waals surface area contributed by atoms with Crippen LogP contribution in [0.25, 0.3) is 0 Å². The first-order valence-corrected chi connectivity index (χ1v) is 6.94. The molecular formula is C15H22N2O2. The average molecular weight is 262 g/mol. The van der Waals surface area contributed by atoms with E-state index in [2.05, 4.69) is 10.6 Å². The van der Waals surface area contributed by atoms with E-state index in [0.717, 1.165) is 24.3 Å². The van der Waals surface area contributed by atoms with E-state index < -0.39 is 0 Å². The van der Waals surface area contributed by atoms with E-state index in [1.807, 2.05) is 31.2 Å². The number of ether oxygens (including phenoxy) is 1. The van der Waals surface area contributed by atoms with E-state index in [1.165, 1.54) is 12.8 Å². The molecule has 1 aliphatic carbocycles. The van der Waals surface area contributed by atoms with Crippen LogP contribution in [0.5, 0.6) is 5.75 Å². The molecule has 1 saturated carbocycles. The second-order valence-corrected chi connectivity index (χ2v) is 5.05. The lowest BCUT2D eigenvalue weighted by Gasteiger charge is -2.14. The zero-order chi connectivity index (χ0) is 13.7. The molecule has 1 fully saturated rings. The van der Waals surface area contributed by atoms with Gasteiger partial charge in [-0.15, -0.1) is 0 Å². The van der Waals surface area contributed by atoms with E-state index in [-0.39, 0.29) is 11.9 Å². The summed E-state index contributed by atoms with van der Waals surface area (Å²) in [4.78, 5) is 11.7. The molecule has 0 aliphatic heterocycles. The monoisotopic (exact) mass is 262 g/mol. The third-order valence-corrected chi connectivity index (χ3v) is 3.55. The third-order valence-electron chi connectivity index (χ3n) is 3.55. The molecule has 1 unspecified atom stereocenters. The van der Waals surface area contributed by atoms with Crippen LogP contribution in [0.3, 0.4) is 0 Å². The van der Waals surface area contributed by atoms with Crippen molar-refractivity contribution in [3.63, 3.8) is 0 Å². The predicted octanol–water partition coefficient (Wildman–Crippen LogP) is 2.55. The number of hydrogen-bond acceptors (Lipinski definition) is 3. The van der Waals surface area contributed by atoms with Gasteiger partial charge < -0.3 is 15.4 Å². The van der Waals surface area contributed by atoms with Gasteiger partial charge in [-0.05, 0) is 63.9 Å². The number of amides is 1. The smallest absolute Gasteiger partial charge is 0.241 e. The minimum absolute atomic E-state index is 0.0352.